The molecule has 0 fully saturated rings. The number of benzene rings is 2. The Hall–Kier alpha value is -2.11. The van der Waals surface area contributed by atoms with E-state index in [0.29, 0.717) is 11.3 Å². The molecule has 0 saturated carbocycles. The van der Waals surface area contributed by atoms with Crippen LogP contribution in [0.25, 0.3) is 0 Å². The van der Waals surface area contributed by atoms with Crippen molar-refractivity contribution in [3.8, 4) is 17.2 Å². The number of carbonyl (C=O) groups is 1. The zero-order chi connectivity index (χ0) is 18.4. The molecule has 0 spiro atoms. The lowest BCUT2D eigenvalue weighted by molar-refractivity contribution is 0.0450. The number of halogens is 2. The largest absolute Gasteiger partial charge is 0.508 e. The maximum atomic E-state index is 12.0. The number of phenolic OH excluding ortho intramolecular Hbond substituents is 1. The second kappa shape index (κ2) is 8.83. The molecule has 0 unspecified atom stereocenters. The molecule has 2 aromatic carbocycles. The topological polar surface area (TPSA) is 65.0 Å². The number of phenols is 1. The molecule has 0 radical (unpaired) electrons. The van der Waals surface area contributed by atoms with E-state index < -0.39 is 5.97 Å². The number of hydrogen-bond donors (Lipinski definition) is 1. The van der Waals surface area contributed by atoms with Gasteiger partial charge in [-0.15, -0.1) is 0 Å². The van der Waals surface area contributed by atoms with Gasteiger partial charge < -0.3 is 19.3 Å². The number of hydrogen-bond acceptors (Lipinski definition) is 5. The van der Waals surface area contributed by atoms with Gasteiger partial charge in [0, 0.05) is 12.1 Å². The van der Waals surface area contributed by atoms with Crippen LogP contribution in [0.4, 0.5) is 0 Å². The Kier molecular flexibility index (Phi) is 6.79. The third kappa shape index (κ3) is 5.73. The third-order valence-corrected chi connectivity index (χ3v) is 3.57. The van der Waals surface area contributed by atoms with Gasteiger partial charge in [-0.2, -0.15) is 0 Å². The number of rotatable bonds is 7. The Morgan fingerprint density at radius 2 is 1.68 bits per heavy atom. The molecule has 0 bridgehead atoms. The fraction of sp³-hybridized carbons (Fsp3) is 0.278. The zero-order valence-corrected chi connectivity index (χ0v) is 15.3. The molecule has 7 heteroatoms. The number of ether oxygens (including phenoxy) is 3. The summed E-state index contributed by atoms with van der Waals surface area (Å²) in [6, 6.07) is 9.32. The van der Waals surface area contributed by atoms with Crippen molar-refractivity contribution in [1.82, 2.24) is 0 Å². The summed E-state index contributed by atoms with van der Waals surface area (Å²) in [7, 11) is 0. The van der Waals surface area contributed by atoms with E-state index in [4.69, 9.17) is 37.4 Å². The summed E-state index contributed by atoms with van der Waals surface area (Å²) in [5.41, 5.74) is 0.414. The minimum Gasteiger partial charge on any atom is -0.508 e. The van der Waals surface area contributed by atoms with E-state index in [0.717, 1.165) is 0 Å². The van der Waals surface area contributed by atoms with Crippen LogP contribution in [0.5, 0.6) is 17.2 Å². The van der Waals surface area contributed by atoms with Crippen LogP contribution in [0.3, 0.4) is 0 Å². The second-order valence-electron chi connectivity index (χ2n) is 5.41. The molecular formula is C18H18Cl2O5. The molecule has 0 heterocycles. The third-order valence-electron chi connectivity index (χ3n) is 3.01. The quantitative estimate of drug-likeness (QED) is 0.552. The van der Waals surface area contributed by atoms with E-state index in [1.807, 2.05) is 13.8 Å². The van der Waals surface area contributed by atoms with Crippen molar-refractivity contribution >= 4 is 29.2 Å². The van der Waals surface area contributed by atoms with E-state index in [9.17, 15) is 9.90 Å². The van der Waals surface area contributed by atoms with Gasteiger partial charge in [0.1, 0.15) is 24.7 Å². The van der Waals surface area contributed by atoms with Crippen LogP contribution in [-0.4, -0.2) is 30.4 Å². The first-order chi connectivity index (χ1) is 11.9. The van der Waals surface area contributed by atoms with Crippen molar-refractivity contribution in [1.29, 1.82) is 0 Å². The average Bonchev–Trinajstić information content (AvgIpc) is 2.53. The molecule has 5 nitrogen and oxygen atoms in total. The fourth-order valence-corrected chi connectivity index (χ4v) is 2.57. The molecular weight excluding hydrogens is 367 g/mol. The highest BCUT2D eigenvalue weighted by Gasteiger charge is 2.11. The van der Waals surface area contributed by atoms with Crippen molar-refractivity contribution in [3.05, 3.63) is 52.0 Å². The standard InChI is InChI=1S/C18H18Cl2O5/c1-11(2)25-14-5-3-12(4-6-14)18(22)24-8-7-23-17-15(19)9-13(21)10-16(17)20/h3-6,9-11,21H,7-8H2,1-2H3. The van der Waals surface area contributed by atoms with Crippen LogP contribution in [0.2, 0.25) is 10.0 Å². The molecule has 0 amide bonds. The normalized spacial score (nSPS) is 10.6. The first-order valence-corrected chi connectivity index (χ1v) is 8.37. The summed E-state index contributed by atoms with van der Waals surface area (Å²) < 4.78 is 16.0. The van der Waals surface area contributed by atoms with Gasteiger partial charge >= 0.3 is 5.97 Å². The Morgan fingerprint density at radius 3 is 2.24 bits per heavy atom. The molecule has 0 aliphatic carbocycles. The molecule has 0 atom stereocenters. The van der Waals surface area contributed by atoms with Crippen molar-refractivity contribution < 1.29 is 24.1 Å². The molecule has 2 rings (SSSR count). The van der Waals surface area contributed by atoms with Crippen molar-refractivity contribution in [3.63, 3.8) is 0 Å². The van der Waals surface area contributed by atoms with Gasteiger partial charge in [-0.05, 0) is 38.1 Å². The van der Waals surface area contributed by atoms with E-state index in [-0.39, 0.29) is 40.9 Å². The van der Waals surface area contributed by atoms with Gasteiger partial charge in [0.15, 0.2) is 5.75 Å². The van der Waals surface area contributed by atoms with Gasteiger partial charge in [-0.25, -0.2) is 4.79 Å². The first kappa shape index (κ1) is 19.2. The monoisotopic (exact) mass is 384 g/mol. The van der Waals surface area contributed by atoms with Crippen LogP contribution in [-0.2, 0) is 4.74 Å². The summed E-state index contributed by atoms with van der Waals surface area (Å²) in [4.78, 5) is 12.0. The lowest BCUT2D eigenvalue weighted by atomic mass is 10.2. The summed E-state index contributed by atoms with van der Waals surface area (Å²) in [6.07, 6.45) is 0.0634. The summed E-state index contributed by atoms with van der Waals surface area (Å²) in [5.74, 6) is 0.389. The van der Waals surface area contributed by atoms with Crippen molar-refractivity contribution in [2.24, 2.45) is 0 Å². The lowest BCUT2D eigenvalue weighted by Crippen LogP contribution is -2.13. The first-order valence-electron chi connectivity index (χ1n) is 7.61. The van der Waals surface area contributed by atoms with Crippen LogP contribution in [0, 0.1) is 0 Å². The maximum absolute atomic E-state index is 12.0. The zero-order valence-electron chi connectivity index (χ0n) is 13.8. The van der Waals surface area contributed by atoms with Crippen molar-refractivity contribution in [2.45, 2.75) is 20.0 Å². The Bertz CT molecular complexity index is 706. The second-order valence-corrected chi connectivity index (χ2v) is 6.23. The van der Waals surface area contributed by atoms with E-state index in [1.165, 1.54) is 12.1 Å². The van der Waals surface area contributed by atoms with Gasteiger partial charge in [-0.1, -0.05) is 23.2 Å². The summed E-state index contributed by atoms with van der Waals surface area (Å²) in [5, 5.41) is 9.71. The van der Waals surface area contributed by atoms with Crippen molar-refractivity contribution in [2.75, 3.05) is 13.2 Å². The predicted molar refractivity (Wildman–Crippen MR) is 96.1 cm³/mol. The highest BCUT2D eigenvalue weighted by atomic mass is 35.5. The molecule has 0 aliphatic rings. The van der Waals surface area contributed by atoms with E-state index in [2.05, 4.69) is 0 Å². The number of aromatic hydroxyl groups is 1. The Morgan fingerprint density at radius 1 is 1.08 bits per heavy atom. The number of esters is 1. The molecule has 0 aliphatic heterocycles. The van der Waals surface area contributed by atoms with Crippen LogP contribution < -0.4 is 9.47 Å². The van der Waals surface area contributed by atoms with Crippen LogP contribution in [0.15, 0.2) is 36.4 Å². The summed E-state index contributed by atoms with van der Waals surface area (Å²) >= 11 is 11.9. The fourth-order valence-electron chi connectivity index (χ4n) is 1.99. The smallest absolute Gasteiger partial charge is 0.338 e. The molecule has 2 aromatic rings. The average molecular weight is 385 g/mol. The Labute approximate surface area is 156 Å². The molecule has 0 aromatic heterocycles. The SMILES string of the molecule is CC(C)Oc1ccc(C(=O)OCCOc2c(Cl)cc(O)cc2Cl)cc1. The molecule has 0 saturated heterocycles. The minimum absolute atomic E-state index is 0.0244. The van der Waals surface area contributed by atoms with Gasteiger partial charge in [0.05, 0.1) is 21.7 Å². The highest BCUT2D eigenvalue weighted by Crippen LogP contribution is 2.36. The minimum atomic E-state index is -0.470. The highest BCUT2D eigenvalue weighted by molar-refractivity contribution is 6.37. The summed E-state index contributed by atoms with van der Waals surface area (Å²) in [6.45, 7) is 3.95. The predicted octanol–water partition coefficient (Wildman–Crippen LogP) is 4.72. The molecule has 1 N–H and O–H groups in total. The van der Waals surface area contributed by atoms with E-state index in [1.54, 1.807) is 24.3 Å². The van der Waals surface area contributed by atoms with Gasteiger partial charge in [0.2, 0.25) is 0 Å². The number of carbonyl (C=O) groups excluding carboxylic acids is 1. The van der Waals surface area contributed by atoms with Gasteiger partial charge in [0.25, 0.3) is 0 Å². The maximum Gasteiger partial charge on any atom is 0.338 e. The molecule has 134 valence electrons. The van der Waals surface area contributed by atoms with Crippen LogP contribution in [0.1, 0.15) is 24.2 Å². The Balaban J connectivity index is 1.83. The van der Waals surface area contributed by atoms with E-state index >= 15 is 0 Å². The molecule has 25 heavy (non-hydrogen) atoms. The van der Waals surface area contributed by atoms with Gasteiger partial charge in [-0.3, -0.25) is 0 Å². The van der Waals surface area contributed by atoms with Crippen LogP contribution >= 0.6 is 23.2 Å². The lowest BCUT2D eigenvalue weighted by Gasteiger charge is -2.11.